The lowest BCUT2D eigenvalue weighted by molar-refractivity contribution is 0.393. The molecule has 3 aromatic carbocycles. The molecule has 0 aromatic heterocycles. The Morgan fingerprint density at radius 2 is 1.46 bits per heavy atom. The minimum Gasteiger partial charge on any atom is -0.497 e. The van der Waals surface area contributed by atoms with Gasteiger partial charge in [-0.1, -0.05) is 30.3 Å². The third kappa shape index (κ3) is 4.28. The van der Waals surface area contributed by atoms with Crippen LogP contribution in [0.2, 0.25) is 0 Å². The second-order valence-electron chi connectivity index (χ2n) is 6.38. The highest BCUT2D eigenvalue weighted by Crippen LogP contribution is 2.29. The molecule has 0 bridgehead atoms. The highest BCUT2D eigenvalue weighted by Gasteiger charge is 2.25. The van der Waals surface area contributed by atoms with Crippen LogP contribution in [0.15, 0.2) is 77.7 Å². The number of sulfonamides is 1. The van der Waals surface area contributed by atoms with Gasteiger partial charge >= 0.3 is 0 Å². The number of nitrogens with zero attached hydrogens (tertiary/aromatic N) is 1. The molecule has 6 heteroatoms. The van der Waals surface area contributed by atoms with Gasteiger partial charge in [0, 0.05) is 6.07 Å². The fourth-order valence-corrected chi connectivity index (χ4v) is 4.49. The maximum absolute atomic E-state index is 13.5. The Bertz CT molecular complexity index is 1030. The molecule has 0 N–H and O–H groups in total. The highest BCUT2D eigenvalue weighted by molar-refractivity contribution is 7.92. The van der Waals surface area contributed by atoms with Crippen molar-refractivity contribution in [2.24, 2.45) is 0 Å². The monoisotopic (exact) mass is 397 g/mol. The number of hydrogen-bond donors (Lipinski definition) is 0. The summed E-state index contributed by atoms with van der Waals surface area (Å²) in [6.07, 6.45) is 0. The minimum absolute atomic E-state index is 0.147. The summed E-state index contributed by atoms with van der Waals surface area (Å²) in [6, 6.07) is 21.4. The number of anilines is 1. The topological polar surface area (TPSA) is 55.8 Å². The minimum atomic E-state index is -3.76. The summed E-state index contributed by atoms with van der Waals surface area (Å²) in [7, 11) is -0.629. The zero-order valence-electron chi connectivity index (χ0n) is 16.1. The summed E-state index contributed by atoms with van der Waals surface area (Å²) in [5.41, 5.74) is 2.24. The molecule has 0 heterocycles. The summed E-state index contributed by atoms with van der Waals surface area (Å²) in [5.74, 6) is 1.21. The van der Waals surface area contributed by atoms with E-state index in [-0.39, 0.29) is 11.4 Å². The molecule has 0 saturated carbocycles. The number of para-hydroxylation sites is 1. The third-order valence-electron chi connectivity index (χ3n) is 4.36. The average Bonchev–Trinajstić information content (AvgIpc) is 2.72. The molecule has 28 heavy (non-hydrogen) atoms. The first kappa shape index (κ1) is 19.8. The maximum Gasteiger partial charge on any atom is 0.264 e. The number of rotatable bonds is 7. The summed E-state index contributed by atoms with van der Waals surface area (Å²) in [6.45, 7) is 2.02. The van der Waals surface area contributed by atoms with Gasteiger partial charge in [-0.05, 0) is 54.4 Å². The van der Waals surface area contributed by atoms with E-state index in [1.165, 1.54) is 4.31 Å². The Hall–Kier alpha value is -2.99. The zero-order valence-corrected chi connectivity index (χ0v) is 16.9. The number of methoxy groups -OCH3 is 2. The molecule has 0 aliphatic rings. The quantitative estimate of drug-likeness (QED) is 0.593. The van der Waals surface area contributed by atoms with Crippen molar-refractivity contribution in [3.8, 4) is 11.5 Å². The van der Waals surface area contributed by atoms with Crippen LogP contribution in [0.4, 0.5) is 5.69 Å². The van der Waals surface area contributed by atoms with Crippen LogP contribution < -0.4 is 13.8 Å². The van der Waals surface area contributed by atoms with Crippen LogP contribution in [0.1, 0.15) is 11.1 Å². The van der Waals surface area contributed by atoms with Gasteiger partial charge in [-0.25, -0.2) is 8.42 Å². The Morgan fingerprint density at radius 3 is 2.04 bits per heavy atom. The van der Waals surface area contributed by atoms with Crippen LogP contribution in [0, 0.1) is 6.92 Å². The van der Waals surface area contributed by atoms with Crippen molar-refractivity contribution in [2.45, 2.75) is 18.4 Å². The first-order chi connectivity index (χ1) is 13.4. The SMILES string of the molecule is COc1cc(CN(c2ccccc2)S(=O)(=O)c2cccc(C)c2)cc(OC)c1. The number of aryl methyl sites for hydroxylation is 1. The fraction of sp³-hybridized carbons (Fsp3) is 0.182. The molecule has 0 fully saturated rings. The second-order valence-corrected chi connectivity index (χ2v) is 8.25. The van der Waals surface area contributed by atoms with Crippen molar-refractivity contribution in [3.63, 3.8) is 0 Å². The second kappa shape index (κ2) is 8.35. The molecule has 0 amide bonds. The molecule has 0 saturated heterocycles. The smallest absolute Gasteiger partial charge is 0.264 e. The van der Waals surface area contributed by atoms with Crippen LogP contribution in [0.5, 0.6) is 11.5 Å². The largest absolute Gasteiger partial charge is 0.497 e. The van der Waals surface area contributed by atoms with E-state index in [4.69, 9.17) is 9.47 Å². The molecule has 0 spiro atoms. The van der Waals surface area contributed by atoms with E-state index >= 15 is 0 Å². The lowest BCUT2D eigenvalue weighted by Crippen LogP contribution is -2.30. The van der Waals surface area contributed by atoms with Crippen LogP contribution >= 0.6 is 0 Å². The van der Waals surface area contributed by atoms with Gasteiger partial charge in [0.15, 0.2) is 0 Å². The molecule has 5 nitrogen and oxygen atoms in total. The Kier molecular flexibility index (Phi) is 5.90. The van der Waals surface area contributed by atoms with Gasteiger partial charge in [-0.15, -0.1) is 0 Å². The van der Waals surface area contributed by atoms with E-state index in [0.717, 1.165) is 11.1 Å². The van der Waals surface area contributed by atoms with Gasteiger partial charge in [0.2, 0.25) is 0 Å². The average molecular weight is 397 g/mol. The number of hydrogen-bond acceptors (Lipinski definition) is 4. The van der Waals surface area contributed by atoms with Crippen molar-refractivity contribution >= 4 is 15.7 Å². The van der Waals surface area contributed by atoms with E-state index in [2.05, 4.69) is 0 Å². The van der Waals surface area contributed by atoms with Gasteiger partial charge < -0.3 is 9.47 Å². The number of ether oxygens (including phenoxy) is 2. The lowest BCUT2D eigenvalue weighted by Gasteiger charge is -2.25. The van der Waals surface area contributed by atoms with E-state index < -0.39 is 10.0 Å². The summed E-state index contributed by atoms with van der Waals surface area (Å²) < 4.78 is 39.0. The van der Waals surface area contributed by atoms with E-state index in [1.807, 2.05) is 43.3 Å². The van der Waals surface area contributed by atoms with E-state index in [0.29, 0.717) is 17.2 Å². The molecule has 3 rings (SSSR count). The molecular formula is C22H23NO4S. The van der Waals surface area contributed by atoms with Gasteiger partial charge in [0.25, 0.3) is 10.0 Å². The highest BCUT2D eigenvalue weighted by atomic mass is 32.2. The van der Waals surface area contributed by atoms with Crippen molar-refractivity contribution in [3.05, 3.63) is 83.9 Å². The Labute approximate surface area is 166 Å². The Morgan fingerprint density at radius 1 is 0.821 bits per heavy atom. The predicted octanol–water partition coefficient (Wildman–Crippen LogP) is 4.41. The first-order valence-electron chi connectivity index (χ1n) is 8.80. The van der Waals surface area contributed by atoms with Crippen molar-refractivity contribution in [2.75, 3.05) is 18.5 Å². The summed E-state index contributed by atoms with van der Waals surface area (Å²) in [5, 5.41) is 0. The van der Waals surface area contributed by atoms with Gasteiger partial charge in [0.1, 0.15) is 11.5 Å². The van der Waals surface area contributed by atoms with Crippen LogP contribution in [0.25, 0.3) is 0 Å². The lowest BCUT2D eigenvalue weighted by atomic mass is 10.2. The van der Waals surface area contributed by atoms with Crippen molar-refractivity contribution in [1.29, 1.82) is 0 Å². The maximum atomic E-state index is 13.5. The molecule has 0 aliphatic carbocycles. The third-order valence-corrected chi connectivity index (χ3v) is 6.13. The van der Waals surface area contributed by atoms with Gasteiger partial charge in [0.05, 0.1) is 31.3 Å². The fourth-order valence-electron chi connectivity index (χ4n) is 2.94. The van der Waals surface area contributed by atoms with E-state index in [1.54, 1.807) is 50.6 Å². The molecule has 0 atom stereocenters. The standard InChI is InChI=1S/C22H23NO4S/c1-17-8-7-11-22(12-17)28(24,25)23(19-9-5-4-6-10-19)16-18-13-20(26-2)15-21(14-18)27-3/h4-15H,16H2,1-3H3. The van der Waals surface area contributed by atoms with Crippen molar-refractivity contribution in [1.82, 2.24) is 0 Å². The number of benzene rings is 3. The molecule has 0 radical (unpaired) electrons. The van der Waals surface area contributed by atoms with Gasteiger partial charge in [-0.2, -0.15) is 0 Å². The predicted molar refractivity (Wildman–Crippen MR) is 111 cm³/mol. The molecule has 3 aromatic rings. The summed E-state index contributed by atoms with van der Waals surface area (Å²) >= 11 is 0. The first-order valence-corrected chi connectivity index (χ1v) is 10.2. The van der Waals surface area contributed by atoms with E-state index in [9.17, 15) is 8.42 Å². The van der Waals surface area contributed by atoms with Crippen LogP contribution in [0.3, 0.4) is 0 Å². The zero-order chi connectivity index (χ0) is 20.1. The molecule has 0 unspecified atom stereocenters. The molecular weight excluding hydrogens is 374 g/mol. The molecule has 146 valence electrons. The van der Waals surface area contributed by atoms with Crippen LogP contribution in [-0.4, -0.2) is 22.6 Å². The summed E-state index contributed by atoms with van der Waals surface area (Å²) in [4.78, 5) is 0.256. The van der Waals surface area contributed by atoms with Crippen LogP contribution in [-0.2, 0) is 16.6 Å². The Balaban J connectivity index is 2.09. The van der Waals surface area contributed by atoms with Gasteiger partial charge in [-0.3, -0.25) is 4.31 Å². The normalized spacial score (nSPS) is 11.1. The molecule has 0 aliphatic heterocycles. The van der Waals surface area contributed by atoms with Crippen molar-refractivity contribution < 1.29 is 17.9 Å².